The van der Waals surface area contributed by atoms with Gasteiger partial charge < -0.3 is 14.8 Å². The molecule has 0 saturated carbocycles. The molecule has 7 nitrogen and oxygen atoms in total. The van der Waals surface area contributed by atoms with Crippen LogP contribution < -0.4 is 10.1 Å². The first kappa shape index (κ1) is 17.7. The minimum Gasteiger partial charge on any atom is -0.497 e. The Kier molecular flexibility index (Phi) is 5.97. The third-order valence-electron chi connectivity index (χ3n) is 3.79. The predicted octanol–water partition coefficient (Wildman–Crippen LogP) is 0.611. The molecule has 0 bridgehead atoms. The van der Waals surface area contributed by atoms with Gasteiger partial charge in [-0.1, -0.05) is 0 Å². The molecule has 128 valence electrons. The highest BCUT2D eigenvalue weighted by atomic mass is 32.2. The summed E-state index contributed by atoms with van der Waals surface area (Å²) in [5.41, 5.74) is 0. The van der Waals surface area contributed by atoms with E-state index >= 15 is 0 Å². The number of nitrogens with one attached hydrogen (secondary N) is 1. The Morgan fingerprint density at radius 1 is 1.22 bits per heavy atom. The van der Waals surface area contributed by atoms with Gasteiger partial charge in [-0.2, -0.15) is 4.31 Å². The highest BCUT2D eigenvalue weighted by Gasteiger charge is 2.29. The van der Waals surface area contributed by atoms with E-state index in [9.17, 15) is 13.2 Å². The summed E-state index contributed by atoms with van der Waals surface area (Å²) in [6, 6.07) is 6.33. The number of benzene rings is 1. The van der Waals surface area contributed by atoms with Crippen molar-refractivity contribution < 1.29 is 22.7 Å². The van der Waals surface area contributed by atoms with Gasteiger partial charge in [-0.3, -0.25) is 4.79 Å². The highest BCUT2D eigenvalue weighted by molar-refractivity contribution is 7.89. The van der Waals surface area contributed by atoms with Gasteiger partial charge in [0, 0.05) is 26.2 Å². The van der Waals surface area contributed by atoms with Gasteiger partial charge in [-0.25, -0.2) is 8.42 Å². The van der Waals surface area contributed by atoms with Gasteiger partial charge in [-0.05, 0) is 37.1 Å². The molecule has 0 aliphatic carbocycles. The molecule has 1 amide bonds. The van der Waals surface area contributed by atoms with Gasteiger partial charge in [0.25, 0.3) is 0 Å². The summed E-state index contributed by atoms with van der Waals surface area (Å²) in [4.78, 5) is 11.7. The van der Waals surface area contributed by atoms with Crippen molar-refractivity contribution in [2.45, 2.75) is 23.8 Å². The van der Waals surface area contributed by atoms with Crippen molar-refractivity contribution in [1.82, 2.24) is 9.62 Å². The predicted molar refractivity (Wildman–Crippen MR) is 84.8 cm³/mol. The first-order valence-corrected chi connectivity index (χ1v) is 8.84. The lowest BCUT2D eigenvalue weighted by molar-refractivity contribution is -0.125. The number of nitrogens with zero attached hydrogens (tertiary/aromatic N) is 1. The summed E-state index contributed by atoms with van der Waals surface area (Å²) >= 11 is 0. The molecule has 1 aliphatic heterocycles. The largest absolute Gasteiger partial charge is 0.497 e. The van der Waals surface area contributed by atoms with Gasteiger partial charge >= 0.3 is 0 Å². The van der Waals surface area contributed by atoms with Gasteiger partial charge in [0.05, 0.1) is 12.0 Å². The second-order valence-electron chi connectivity index (χ2n) is 5.35. The highest BCUT2D eigenvalue weighted by Crippen LogP contribution is 2.22. The summed E-state index contributed by atoms with van der Waals surface area (Å²) in [5.74, 6) is 0.437. The van der Waals surface area contributed by atoms with Crippen molar-refractivity contribution in [2.24, 2.45) is 0 Å². The maximum absolute atomic E-state index is 12.6. The lowest BCUT2D eigenvalue weighted by Crippen LogP contribution is -2.47. The molecule has 0 aromatic heterocycles. The van der Waals surface area contributed by atoms with Crippen molar-refractivity contribution in [2.75, 3.05) is 33.9 Å². The number of rotatable bonds is 6. The van der Waals surface area contributed by atoms with Crippen LogP contribution in [0.25, 0.3) is 0 Å². The summed E-state index contributed by atoms with van der Waals surface area (Å²) in [6.45, 7) is 0.781. The number of methoxy groups -OCH3 is 2. The molecule has 0 unspecified atom stereocenters. The van der Waals surface area contributed by atoms with E-state index in [1.165, 1.54) is 18.5 Å². The third-order valence-corrected chi connectivity index (χ3v) is 5.70. The molecule has 1 aromatic carbocycles. The first-order valence-electron chi connectivity index (χ1n) is 7.40. The van der Waals surface area contributed by atoms with E-state index in [-0.39, 0.29) is 23.5 Å². The van der Waals surface area contributed by atoms with E-state index in [0.717, 1.165) is 0 Å². The van der Waals surface area contributed by atoms with Crippen LogP contribution in [0.1, 0.15) is 12.8 Å². The molecule has 0 atom stereocenters. The van der Waals surface area contributed by atoms with Crippen LogP contribution in [-0.2, 0) is 19.6 Å². The van der Waals surface area contributed by atoms with Gasteiger partial charge in [0.1, 0.15) is 12.4 Å². The average Bonchev–Trinajstić information content (AvgIpc) is 2.55. The van der Waals surface area contributed by atoms with E-state index in [0.29, 0.717) is 31.7 Å². The van der Waals surface area contributed by atoms with E-state index in [1.54, 1.807) is 24.3 Å². The number of ether oxygens (including phenoxy) is 2. The molecule has 1 aliphatic rings. The van der Waals surface area contributed by atoms with Crippen LogP contribution in [0.2, 0.25) is 0 Å². The van der Waals surface area contributed by atoms with Crippen molar-refractivity contribution in [3.8, 4) is 5.75 Å². The topological polar surface area (TPSA) is 84.9 Å². The molecule has 1 N–H and O–H groups in total. The molecule has 8 heteroatoms. The number of sulfonamides is 1. The smallest absolute Gasteiger partial charge is 0.246 e. The fraction of sp³-hybridized carbons (Fsp3) is 0.533. The first-order chi connectivity index (χ1) is 11.0. The van der Waals surface area contributed by atoms with Crippen LogP contribution in [-0.4, -0.2) is 58.6 Å². The Hall–Kier alpha value is -1.64. The molecule has 1 heterocycles. The van der Waals surface area contributed by atoms with E-state index in [4.69, 9.17) is 9.47 Å². The SMILES string of the molecule is COCC(=O)NC1CCN(S(=O)(=O)c2ccc(OC)cc2)CC1. The lowest BCUT2D eigenvalue weighted by Gasteiger charge is -2.31. The zero-order valence-corrected chi connectivity index (χ0v) is 14.1. The maximum atomic E-state index is 12.6. The zero-order valence-electron chi connectivity index (χ0n) is 13.3. The molecule has 0 radical (unpaired) electrons. The monoisotopic (exact) mass is 342 g/mol. The number of hydrogen-bond acceptors (Lipinski definition) is 5. The molecule has 2 rings (SSSR count). The maximum Gasteiger partial charge on any atom is 0.246 e. The van der Waals surface area contributed by atoms with Gasteiger partial charge in [0.15, 0.2) is 0 Å². The number of carbonyl (C=O) groups excluding carboxylic acids is 1. The van der Waals surface area contributed by atoms with Crippen LogP contribution in [0.5, 0.6) is 5.75 Å². The molecular weight excluding hydrogens is 320 g/mol. The molecule has 1 aromatic rings. The summed E-state index contributed by atoms with van der Waals surface area (Å²) in [5, 5.41) is 2.84. The minimum atomic E-state index is -3.51. The van der Waals surface area contributed by atoms with E-state index in [2.05, 4.69) is 5.32 Å². The van der Waals surface area contributed by atoms with Gasteiger partial charge in [0.2, 0.25) is 15.9 Å². The molecule has 1 saturated heterocycles. The Morgan fingerprint density at radius 3 is 2.35 bits per heavy atom. The van der Waals surface area contributed by atoms with Crippen molar-refractivity contribution in [3.05, 3.63) is 24.3 Å². The van der Waals surface area contributed by atoms with Crippen LogP contribution in [0.3, 0.4) is 0 Å². The number of carbonyl (C=O) groups is 1. The molecule has 23 heavy (non-hydrogen) atoms. The van der Waals surface area contributed by atoms with Crippen LogP contribution in [0.4, 0.5) is 0 Å². The Balaban J connectivity index is 1.96. The fourth-order valence-corrected chi connectivity index (χ4v) is 4.01. The quantitative estimate of drug-likeness (QED) is 0.819. The van der Waals surface area contributed by atoms with Crippen LogP contribution in [0.15, 0.2) is 29.2 Å². The van der Waals surface area contributed by atoms with E-state index < -0.39 is 10.0 Å². The summed E-state index contributed by atoms with van der Waals surface area (Å²) < 4.78 is 36.5. The Labute approximate surface area is 136 Å². The lowest BCUT2D eigenvalue weighted by atomic mass is 10.1. The number of hydrogen-bond donors (Lipinski definition) is 1. The summed E-state index contributed by atoms with van der Waals surface area (Å²) in [6.07, 6.45) is 1.18. The molecule has 0 spiro atoms. The number of piperidine rings is 1. The van der Waals surface area contributed by atoms with Crippen LogP contribution >= 0.6 is 0 Å². The Morgan fingerprint density at radius 2 is 1.83 bits per heavy atom. The second-order valence-corrected chi connectivity index (χ2v) is 7.29. The van der Waals surface area contributed by atoms with E-state index in [1.807, 2.05) is 0 Å². The summed E-state index contributed by atoms with van der Waals surface area (Å²) in [7, 11) is -0.513. The number of amides is 1. The standard InChI is InChI=1S/C15H22N2O5S/c1-21-11-15(18)16-12-7-9-17(10-8-12)23(19,20)14-5-3-13(22-2)4-6-14/h3-6,12H,7-11H2,1-2H3,(H,16,18). The fourth-order valence-electron chi connectivity index (χ4n) is 2.54. The Bertz CT molecular complexity index is 622. The normalized spacial score (nSPS) is 17.0. The van der Waals surface area contributed by atoms with Crippen molar-refractivity contribution in [1.29, 1.82) is 0 Å². The van der Waals surface area contributed by atoms with Gasteiger partial charge in [-0.15, -0.1) is 0 Å². The van der Waals surface area contributed by atoms with Crippen molar-refractivity contribution in [3.63, 3.8) is 0 Å². The van der Waals surface area contributed by atoms with Crippen molar-refractivity contribution >= 4 is 15.9 Å². The minimum absolute atomic E-state index is 0.0139. The molecular formula is C15H22N2O5S. The average molecular weight is 342 g/mol. The zero-order chi connectivity index (χ0) is 16.9. The van der Waals surface area contributed by atoms with Crippen LogP contribution in [0, 0.1) is 0 Å². The second kappa shape index (κ2) is 7.76. The molecule has 1 fully saturated rings. The third kappa shape index (κ3) is 4.43.